The van der Waals surface area contributed by atoms with Crippen LogP contribution in [-0.4, -0.2) is 50.0 Å². The summed E-state index contributed by atoms with van der Waals surface area (Å²) in [7, 11) is -0.360. The fourth-order valence-corrected chi connectivity index (χ4v) is 6.70. The first kappa shape index (κ1) is 42.1. The van der Waals surface area contributed by atoms with Crippen LogP contribution in [0, 0.1) is 0 Å². The monoisotopic (exact) mass is 818 g/mol. The third kappa shape index (κ3) is 9.66. The van der Waals surface area contributed by atoms with Crippen LogP contribution in [0.1, 0.15) is 87.9 Å². The van der Waals surface area contributed by atoms with Crippen molar-refractivity contribution in [3.63, 3.8) is 0 Å². The number of rotatable bonds is 10. The molecule has 1 aliphatic rings. The Morgan fingerprint density at radius 3 is 1.62 bits per heavy atom. The summed E-state index contributed by atoms with van der Waals surface area (Å²) >= 11 is 3.49. The van der Waals surface area contributed by atoms with Gasteiger partial charge in [-0.15, -0.1) is 0 Å². The Balaban J connectivity index is 0.000000164. The maximum atomic E-state index is 12.6. The lowest BCUT2D eigenvalue weighted by molar-refractivity contribution is 0.00578. The van der Waals surface area contributed by atoms with Crippen LogP contribution < -0.4 is 16.6 Å². The maximum Gasteiger partial charge on any atom is 0.494 e. The summed E-state index contributed by atoms with van der Waals surface area (Å²) in [6.07, 6.45) is 16.2. The molecule has 1 aliphatic heterocycles. The minimum absolute atomic E-state index is 0.00480. The molecule has 4 aromatic heterocycles. The molecule has 12 heteroatoms. The van der Waals surface area contributed by atoms with Crippen molar-refractivity contribution in [3.8, 4) is 11.1 Å². The van der Waals surface area contributed by atoms with E-state index in [1.807, 2.05) is 76.5 Å². The minimum atomic E-state index is -0.360. The van der Waals surface area contributed by atoms with Crippen molar-refractivity contribution in [2.75, 3.05) is 0 Å². The smallest absolute Gasteiger partial charge is 0.399 e. The van der Waals surface area contributed by atoms with Gasteiger partial charge in [0.25, 0.3) is 11.1 Å². The number of hydrogen-bond donors (Lipinski definition) is 0. The molecule has 5 heterocycles. The Labute approximate surface area is 336 Å². The molecule has 1 saturated heterocycles. The standard InChI is InChI=1S/C19H18N2O2.C13H17BO3.C12H13BrN2O/c1-2-3-10-21-12-18(15-6-4-14(13-22)5-7-15)16-8-9-20-11-17(16)19(21)23;1-12(2)13(3,4)17-14(16-12)11-7-5-10(9-15)6-8-11;1-2-3-6-15-8-11(13)9-4-5-14-7-10(9)12(15)16/h4-9,11-13H,2-3,10H2,1H3;5-9H,1-4H3;4-5,7-8H,2-3,6H2,1H3. The highest BCUT2D eigenvalue weighted by atomic mass is 79.9. The average molecular weight is 820 g/mol. The van der Waals surface area contributed by atoms with Gasteiger partial charge in [0.05, 0.1) is 22.0 Å². The van der Waals surface area contributed by atoms with Gasteiger partial charge in [0, 0.05) is 76.8 Å². The summed E-state index contributed by atoms with van der Waals surface area (Å²) in [4.78, 5) is 54.2. The lowest BCUT2D eigenvalue weighted by atomic mass is 9.79. The van der Waals surface area contributed by atoms with Crippen LogP contribution in [0.15, 0.2) is 112 Å². The highest BCUT2D eigenvalue weighted by Gasteiger charge is 2.51. The van der Waals surface area contributed by atoms with E-state index in [2.05, 4.69) is 39.7 Å². The van der Waals surface area contributed by atoms with Gasteiger partial charge in [-0.25, -0.2) is 0 Å². The molecule has 0 atom stereocenters. The number of nitrogens with zero attached hydrogens (tertiary/aromatic N) is 4. The molecule has 0 aliphatic carbocycles. The molecule has 0 unspecified atom stereocenters. The summed E-state index contributed by atoms with van der Waals surface area (Å²) < 4.78 is 16.3. The van der Waals surface area contributed by atoms with Crippen LogP contribution in [-0.2, 0) is 22.4 Å². The van der Waals surface area contributed by atoms with E-state index in [0.717, 1.165) is 76.6 Å². The molecule has 0 radical (unpaired) electrons. The van der Waals surface area contributed by atoms with Gasteiger partial charge in [-0.05, 0) is 85.0 Å². The van der Waals surface area contributed by atoms with E-state index >= 15 is 0 Å². The van der Waals surface area contributed by atoms with Crippen molar-refractivity contribution in [2.24, 2.45) is 0 Å². The molecule has 0 N–H and O–H groups in total. The highest BCUT2D eigenvalue weighted by molar-refractivity contribution is 9.10. The van der Waals surface area contributed by atoms with Crippen molar-refractivity contribution < 1.29 is 18.9 Å². The van der Waals surface area contributed by atoms with Gasteiger partial charge in [-0.1, -0.05) is 75.2 Å². The van der Waals surface area contributed by atoms with Crippen LogP contribution in [0.5, 0.6) is 0 Å². The minimum Gasteiger partial charge on any atom is -0.399 e. The Morgan fingerprint density at radius 1 is 0.661 bits per heavy atom. The third-order valence-electron chi connectivity index (χ3n) is 10.2. The fraction of sp³-hybridized carbons (Fsp3) is 0.318. The number of unbranched alkanes of at least 4 members (excludes halogenated alkanes) is 2. The van der Waals surface area contributed by atoms with Crippen LogP contribution in [0.25, 0.3) is 32.7 Å². The normalized spacial score (nSPS) is 14.1. The predicted octanol–water partition coefficient (Wildman–Crippen LogP) is 8.43. The van der Waals surface area contributed by atoms with Crippen LogP contribution in [0.4, 0.5) is 0 Å². The summed E-state index contributed by atoms with van der Waals surface area (Å²) in [5, 5.41) is 3.11. The second-order valence-corrected chi connectivity index (χ2v) is 15.5. The largest absolute Gasteiger partial charge is 0.494 e. The van der Waals surface area contributed by atoms with Crippen LogP contribution >= 0.6 is 15.9 Å². The summed E-state index contributed by atoms with van der Waals surface area (Å²) in [5.41, 5.74) is 3.57. The van der Waals surface area contributed by atoms with Crippen molar-refractivity contribution in [2.45, 2.75) is 91.5 Å². The number of benzene rings is 2. The fourth-order valence-electron chi connectivity index (χ4n) is 6.10. The van der Waals surface area contributed by atoms with Crippen molar-refractivity contribution in [1.29, 1.82) is 0 Å². The van der Waals surface area contributed by atoms with Crippen molar-refractivity contribution >= 4 is 62.6 Å². The molecule has 10 nitrogen and oxygen atoms in total. The number of pyridine rings is 4. The first-order valence-electron chi connectivity index (χ1n) is 18.9. The SMILES string of the molecule is CC1(C)OB(c2ccc(C=O)cc2)OC1(C)C.CCCCn1cc(-c2ccc(C=O)cc2)c2ccncc2c1=O.CCCCn1cc(Br)c2ccncc2c1=O. The molecule has 2 aromatic carbocycles. The highest BCUT2D eigenvalue weighted by Crippen LogP contribution is 2.36. The van der Waals surface area contributed by atoms with E-state index in [0.29, 0.717) is 28.4 Å². The molecule has 1 fully saturated rings. The van der Waals surface area contributed by atoms with Crippen LogP contribution in [0.3, 0.4) is 0 Å². The van der Waals surface area contributed by atoms with E-state index in [1.165, 1.54) is 0 Å². The lowest BCUT2D eigenvalue weighted by Gasteiger charge is -2.32. The molecule has 0 saturated carbocycles. The van der Waals surface area contributed by atoms with E-state index in [-0.39, 0.29) is 29.4 Å². The number of carbonyl (C=O) groups is 2. The topological polar surface area (TPSA) is 122 Å². The van der Waals surface area contributed by atoms with Crippen molar-refractivity contribution in [3.05, 3.63) is 134 Å². The Morgan fingerprint density at radius 2 is 1.12 bits per heavy atom. The number of fused-ring (bicyclic) bond motifs is 2. The Hall–Kier alpha value is -5.04. The number of halogens is 1. The number of aromatic nitrogens is 4. The number of carbonyl (C=O) groups excluding carboxylic acids is 2. The Bertz CT molecular complexity index is 2390. The first-order valence-corrected chi connectivity index (χ1v) is 19.7. The zero-order valence-corrected chi connectivity index (χ0v) is 34.4. The molecule has 0 spiro atoms. The summed E-state index contributed by atoms with van der Waals surface area (Å²) in [6.45, 7) is 13.8. The van der Waals surface area contributed by atoms with E-state index in [1.54, 1.807) is 58.2 Å². The van der Waals surface area contributed by atoms with Gasteiger partial charge >= 0.3 is 7.12 Å². The third-order valence-corrected chi connectivity index (χ3v) is 10.8. The van der Waals surface area contributed by atoms with E-state index in [9.17, 15) is 19.2 Å². The lowest BCUT2D eigenvalue weighted by Crippen LogP contribution is -2.41. The second kappa shape index (κ2) is 18.7. The van der Waals surface area contributed by atoms with Crippen LogP contribution in [0.2, 0.25) is 0 Å². The summed E-state index contributed by atoms with van der Waals surface area (Å²) in [6, 6.07) is 18.4. The van der Waals surface area contributed by atoms with Gasteiger partial charge in [-0.2, -0.15) is 0 Å². The number of hydrogen-bond acceptors (Lipinski definition) is 8. The second-order valence-electron chi connectivity index (χ2n) is 14.7. The number of aldehydes is 2. The van der Waals surface area contributed by atoms with Gasteiger partial charge < -0.3 is 18.4 Å². The zero-order valence-electron chi connectivity index (χ0n) is 32.8. The molecule has 6 aromatic rings. The van der Waals surface area contributed by atoms with E-state index < -0.39 is 0 Å². The van der Waals surface area contributed by atoms with Gasteiger partial charge in [0.1, 0.15) is 12.6 Å². The van der Waals surface area contributed by atoms with E-state index in [4.69, 9.17) is 9.31 Å². The molecule has 56 heavy (non-hydrogen) atoms. The Kier molecular flexibility index (Phi) is 14.1. The summed E-state index contributed by atoms with van der Waals surface area (Å²) in [5.74, 6) is 0. The quantitative estimate of drug-likeness (QED) is 0.0998. The van der Waals surface area contributed by atoms with Gasteiger partial charge in [0.2, 0.25) is 0 Å². The molecule has 0 amide bonds. The first-order chi connectivity index (χ1) is 26.8. The molecule has 0 bridgehead atoms. The number of aryl methyl sites for hydroxylation is 2. The molecule has 7 rings (SSSR count). The predicted molar refractivity (Wildman–Crippen MR) is 228 cm³/mol. The average Bonchev–Trinajstić information content (AvgIpc) is 3.44. The molecule has 290 valence electrons. The maximum absolute atomic E-state index is 12.6. The zero-order chi connectivity index (χ0) is 40.5. The van der Waals surface area contributed by atoms with Gasteiger partial charge in [-0.3, -0.25) is 29.1 Å². The molecular formula is C44H48BBrN4O6. The van der Waals surface area contributed by atoms with Gasteiger partial charge in [0.15, 0.2) is 0 Å². The molecular weight excluding hydrogens is 771 g/mol. The van der Waals surface area contributed by atoms with Crippen molar-refractivity contribution in [1.82, 2.24) is 19.1 Å².